The first-order valence-corrected chi connectivity index (χ1v) is 12.4. The fourth-order valence-electron chi connectivity index (χ4n) is 5.32. The van der Waals surface area contributed by atoms with E-state index in [0.717, 1.165) is 83.5 Å². The molecule has 3 aliphatic rings. The maximum atomic E-state index is 12.8. The largest absolute Gasteiger partial charge is 0.468 e. The van der Waals surface area contributed by atoms with Crippen molar-refractivity contribution in [3.63, 3.8) is 0 Å². The van der Waals surface area contributed by atoms with E-state index in [2.05, 4.69) is 38.0 Å². The van der Waals surface area contributed by atoms with Gasteiger partial charge in [0.15, 0.2) is 5.96 Å². The second kappa shape index (κ2) is 12.9. The van der Waals surface area contributed by atoms with Crippen LogP contribution in [0, 0.1) is 0 Å². The van der Waals surface area contributed by atoms with Gasteiger partial charge in [0.1, 0.15) is 5.76 Å². The van der Waals surface area contributed by atoms with Crippen LogP contribution in [-0.4, -0.2) is 103 Å². The number of hydrogen-bond acceptors (Lipinski definition) is 5. The molecule has 0 radical (unpaired) electrons. The van der Waals surface area contributed by atoms with Crippen LogP contribution in [0.1, 0.15) is 50.8 Å². The molecular formula is C24H41IN6O2. The lowest BCUT2D eigenvalue weighted by atomic mass is 10.1. The van der Waals surface area contributed by atoms with Gasteiger partial charge in [0, 0.05) is 52.9 Å². The molecule has 3 saturated heterocycles. The predicted molar refractivity (Wildman–Crippen MR) is 142 cm³/mol. The summed E-state index contributed by atoms with van der Waals surface area (Å²) < 4.78 is 5.79. The highest BCUT2D eigenvalue weighted by Gasteiger charge is 2.31. The number of halogens is 1. The molecule has 1 aromatic rings. The van der Waals surface area contributed by atoms with Gasteiger partial charge in [0.2, 0.25) is 5.91 Å². The summed E-state index contributed by atoms with van der Waals surface area (Å²) in [6.07, 6.45) is 7.88. The van der Waals surface area contributed by atoms with Crippen LogP contribution in [0.25, 0.3) is 0 Å². The summed E-state index contributed by atoms with van der Waals surface area (Å²) in [7, 11) is 1.86. The maximum absolute atomic E-state index is 12.8. The van der Waals surface area contributed by atoms with Crippen LogP contribution in [-0.2, 0) is 4.79 Å². The highest BCUT2D eigenvalue weighted by atomic mass is 127. The average Bonchev–Trinajstić information content (AvgIpc) is 3.57. The number of amides is 1. The van der Waals surface area contributed by atoms with Crippen LogP contribution >= 0.6 is 24.0 Å². The predicted octanol–water partition coefficient (Wildman–Crippen LogP) is 2.63. The number of carbonyl (C=O) groups excluding carboxylic acids is 1. The van der Waals surface area contributed by atoms with E-state index >= 15 is 0 Å². The molecule has 1 N–H and O–H groups in total. The quantitative estimate of drug-likeness (QED) is 0.321. The first-order valence-electron chi connectivity index (χ1n) is 12.4. The van der Waals surface area contributed by atoms with Crippen molar-refractivity contribution < 1.29 is 9.21 Å². The van der Waals surface area contributed by atoms with E-state index in [1.165, 1.54) is 19.3 Å². The average molecular weight is 573 g/mol. The van der Waals surface area contributed by atoms with Gasteiger partial charge in [-0.15, -0.1) is 24.0 Å². The molecule has 0 saturated carbocycles. The van der Waals surface area contributed by atoms with Crippen LogP contribution in [0.15, 0.2) is 27.8 Å². The fourth-order valence-corrected chi connectivity index (χ4v) is 5.32. The number of hydrogen-bond donors (Lipinski definition) is 1. The summed E-state index contributed by atoms with van der Waals surface area (Å²) in [4.78, 5) is 26.6. The Morgan fingerprint density at radius 2 is 1.64 bits per heavy atom. The topological polar surface area (TPSA) is 67.6 Å². The number of nitrogens with one attached hydrogen (secondary N) is 1. The fraction of sp³-hybridized carbons (Fsp3) is 0.750. The van der Waals surface area contributed by atoms with Gasteiger partial charge < -0.3 is 19.5 Å². The highest BCUT2D eigenvalue weighted by molar-refractivity contribution is 14.0. The van der Waals surface area contributed by atoms with Crippen LogP contribution in [0.2, 0.25) is 0 Å². The van der Waals surface area contributed by atoms with E-state index < -0.39 is 0 Å². The smallest absolute Gasteiger partial charge is 0.239 e. The molecule has 0 aliphatic carbocycles. The third-order valence-corrected chi connectivity index (χ3v) is 7.31. The molecule has 3 aliphatic heterocycles. The maximum Gasteiger partial charge on any atom is 0.239 e. The molecule has 2 atom stereocenters. The number of carbonyl (C=O) groups is 1. The summed E-state index contributed by atoms with van der Waals surface area (Å²) in [6, 6.07) is 4.25. The summed E-state index contributed by atoms with van der Waals surface area (Å²) in [5.41, 5.74) is 0. The van der Waals surface area contributed by atoms with Gasteiger partial charge in [-0.3, -0.25) is 19.6 Å². The number of guanidine groups is 1. The zero-order valence-corrected chi connectivity index (χ0v) is 22.6. The molecule has 4 heterocycles. The highest BCUT2D eigenvalue weighted by Crippen LogP contribution is 2.24. The van der Waals surface area contributed by atoms with Crippen molar-refractivity contribution in [2.45, 2.75) is 51.1 Å². The van der Waals surface area contributed by atoms with Crippen molar-refractivity contribution >= 4 is 35.8 Å². The summed E-state index contributed by atoms with van der Waals surface area (Å²) in [5, 5.41) is 3.62. The number of rotatable bonds is 6. The van der Waals surface area contributed by atoms with E-state index in [1.807, 2.05) is 18.0 Å². The van der Waals surface area contributed by atoms with E-state index in [-0.39, 0.29) is 36.1 Å². The van der Waals surface area contributed by atoms with Gasteiger partial charge in [-0.1, -0.05) is 6.42 Å². The molecule has 8 nitrogen and oxygen atoms in total. The Hall–Kier alpha value is -1.33. The molecule has 186 valence electrons. The first kappa shape index (κ1) is 26.3. The van der Waals surface area contributed by atoms with Gasteiger partial charge in [-0.05, 0) is 57.8 Å². The van der Waals surface area contributed by atoms with Gasteiger partial charge in [0.25, 0.3) is 0 Å². The lowest BCUT2D eigenvalue weighted by Crippen LogP contribution is -2.57. The molecular weight excluding hydrogens is 531 g/mol. The minimum atomic E-state index is -0.0346. The molecule has 0 bridgehead atoms. The van der Waals surface area contributed by atoms with E-state index in [4.69, 9.17) is 4.42 Å². The van der Waals surface area contributed by atoms with Crippen molar-refractivity contribution in [1.29, 1.82) is 0 Å². The SMILES string of the molecule is CN=C(NCC(c1ccco1)N1CCCCC1)N1CCN(C(C)C(=O)N2CCCC2)CC1.I. The Balaban J connectivity index is 0.00000306. The van der Waals surface area contributed by atoms with Gasteiger partial charge >= 0.3 is 0 Å². The van der Waals surface area contributed by atoms with E-state index in [9.17, 15) is 4.79 Å². The third kappa shape index (κ3) is 6.63. The number of piperazine rings is 1. The number of piperidine rings is 1. The van der Waals surface area contributed by atoms with Crippen LogP contribution in [0.5, 0.6) is 0 Å². The molecule has 33 heavy (non-hydrogen) atoms. The monoisotopic (exact) mass is 572 g/mol. The molecule has 0 aromatic carbocycles. The minimum absolute atomic E-state index is 0. The van der Waals surface area contributed by atoms with Crippen molar-refractivity contribution in [1.82, 2.24) is 24.9 Å². The standard InChI is InChI=1S/C24H40N6O2.HI/c1-20(23(31)29-12-6-7-13-29)27-14-16-30(17-15-27)24(25-2)26-19-21(22-9-8-18-32-22)28-10-4-3-5-11-28;/h8-9,18,20-21H,3-7,10-17,19H2,1-2H3,(H,25,26);1H. The number of furan rings is 1. The molecule has 2 unspecified atom stereocenters. The summed E-state index contributed by atoms with van der Waals surface area (Å²) >= 11 is 0. The Bertz CT molecular complexity index is 738. The number of likely N-dealkylation sites (tertiary alicyclic amines) is 2. The van der Waals surface area contributed by atoms with Crippen molar-refractivity contribution in [3.8, 4) is 0 Å². The van der Waals surface area contributed by atoms with E-state index in [0.29, 0.717) is 5.91 Å². The Morgan fingerprint density at radius 1 is 0.970 bits per heavy atom. The summed E-state index contributed by atoms with van der Waals surface area (Å²) in [5.74, 6) is 2.26. The van der Waals surface area contributed by atoms with Crippen LogP contribution in [0.4, 0.5) is 0 Å². The Labute approximate surface area is 215 Å². The van der Waals surface area contributed by atoms with Crippen LogP contribution < -0.4 is 5.32 Å². The second-order valence-electron chi connectivity index (χ2n) is 9.29. The molecule has 4 rings (SSSR count). The number of nitrogens with zero attached hydrogens (tertiary/aromatic N) is 5. The first-order chi connectivity index (χ1) is 15.7. The Morgan fingerprint density at radius 3 is 2.24 bits per heavy atom. The van der Waals surface area contributed by atoms with Crippen molar-refractivity contribution in [2.75, 3.05) is 66.0 Å². The molecule has 0 spiro atoms. The lowest BCUT2D eigenvalue weighted by Gasteiger charge is -2.40. The molecule has 1 aromatic heterocycles. The van der Waals surface area contributed by atoms with Gasteiger partial charge in [-0.2, -0.15) is 0 Å². The zero-order valence-electron chi connectivity index (χ0n) is 20.2. The van der Waals surface area contributed by atoms with Crippen molar-refractivity contribution in [3.05, 3.63) is 24.2 Å². The number of aliphatic imine (C=N–C) groups is 1. The third-order valence-electron chi connectivity index (χ3n) is 7.31. The van der Waals surface area contributed by atoms with Crippen LogP contribution in [0.3, 0.4) is 0 Å². The molecule has 1 amide bonds. The Kier molecular flexibility index (Phi) is 10.3. The molecule has 9 heteroatoms. The normalized spacial score (nSPS) is 22.7. The van der Waals surface area contributed by atoms with Gasteiger partial charge in [0.05, 0.1) is 18.3 Å². The zero-order chi connectivity index (χ0) is 22.3. The summed E-state index contributed by atoms with van der Waals surface area (Å²) in [6.45, 7) is 10.5. The van der Waals surface area contributed by atoms with E-state index in [1.54, 1.807) is 6.26 Å². The molecule has 3 fully saturated rings. The minimum Gasteiger partial charge on any atom is -0.468 e. The second-order valence-corrected chi connectivity index (χ2v) is 9.29. The lowest BCUT2D eigenvalue weighted by molar-refractivity contribution is -0.135. The van der Waals surface area contributed by atoms with Gasteiger partial charge in [-0.25, -0.2) is 0 Å². The van der Waals surface area contributed by atoms with Crippen molar-refractivity contribution in [2.24, 2.45) is 4.99 Å².